The summed E-state index contributed by atoms with van der Waals surface area (Å²) in [5, 5.41) is 0. The van der Waals surface area contributed by atoms with Crippen LogP contribution in [0, 0.1) is 6.42 Å². The van der Waals surface area contributed by atoms with Crippen molar-refractivity contribution in [2.45, 2.75) is 24.9 Å². The second-order valence-electron chi connectivity index (χ2n) is 6.36. The van der Waals surface area contributed by atoms with Crippen molar-refractivity contribution in [3.63, 3.8) is 0 Å². The number of carbonyl (C=O) groups excluding carboxylic acids is 2. The molecule has 2 atom stereocenters. The van der Waals surface area contributed by atoms with Crippen molar-refractivity contribution in [1.29, 1.82) is 0 Å². The van der Waals surface area contributed by atoms with E-state index in [2.05, 4.69) is 4.98 Å². The van der Waals surface area contributed by atoms with E-state index in [1.54, 1.807) is 35.4 Å². The number of carbonyl (C=O) groups is 2. The molecule has 1 radical (unpaired) electrons. The Balaban J connectivity index is 1.70. The molecule has 1 aromatic carbocycles. The normalized spacial score (nSPS) is 22.4. The second kappa shape index (κ2) is 6.29. The molecule has 26 heavy (non-hydrogen) atoms. The van der Waals surface area contributed by atoms with E-state index in [0.29, 0.717) is 17.9 Å². The van der Waals surface area contributed by atoms with Crippen LogP contribution in [0.2, 0.25) is 0 Å². The standard InChI is InChI=1S/C18H18N5O3/c19-17(25)16-14-3-1-2-9-22(14)18(26)23(16)13-6-4-12(5-7-13)21-10-8-20-11-15(21)24/h3-8,10-11,14,16H,1-2,9H2,(H2,19,25)/t14-,16?/m1/s1. The van der Waals surface area contributed by atoms with E-state index in [1.165, 1.54) is 21.9 Å². The summed E-state index contributed by atoms with van der Waals surface area (Å²) >= 11 is 0. The van der Waals surface area contributed by atoms with E-state index in [9.17, 15) is 14.4 Å². The minimum Gasteiger partial charge on any atom is -0.368 e. The second-order valence-corrected chi connectivity index (χ2v) is 6.36. The SMILES string of the molecule is NC(=O)C1[C@H]2[CH]CCCN2C(=O)N1c1ccc(-n2ccncc2=O)cc1. The highest BCUT2D eigenvalue weighted by Crippen LogP contribution is 2.34. The summed E-state index contributed by atoms with van der Waals surface area (Å²) in [5.41, 5.74) is 6.58. The summed E-state index contributed by atoms with van der Waals surface area (Å²) in [6.45, 7) is 0.616. The van der Waals surface area contributed by atoms with Crippen molar-refractivity contribution in [3.8, 4) is 5.69 Å². The number of rotatable bonds is 3. The van der Waals surface area contributed by atoms with Gasteiger partial charge in [-0.2, -0.15) is 0 Å². The Kier molecular flexibility index (Phi) is 3.95. The number of fused-ring (bicyclic) bond motifs is 1. The van der Waals surface area contributed by atoms with E-state index in [1.807, 2.05) is 6.42 Å². The number of anilines is 1. The van der Waals surface area contributed by atoms with Gasteiger partial charge in [0.2, 0.25) is 5.91 Å². The van der Waals surface area contributed by atoms with Crippen LogP contribution >= 0.6 is 0 Å². The van der Waals surface area contributed by atoms with Gasteiger partial charge in [-0.3, -0.25) is 24.0 Å². The van der Waals surface area contributed by atoms with Gasteiger partial charge in [-0.05, 0) is 43.5 Å². The number of piperidine rings is 1. The quantitative estimate of drug-likeness (QED) is 0.878. The van der Waals surface area contributed by atoms with E-state index in [-0.39, 0.29) is 17.6 Å². The fourth-order valence-electron chi connectivity index (χ4n) is 3.66. The van der Waals surface area contributed by atoms with Crippen LogP contribution < -0.4 is 16.2 Å². The maximum absolute atomic E-state index is 12.8. The maximum atomic E-state index is 12.8. The highest BCUT2D eigenvalue weighted by molar-refractivity contribution is 6.04. The molecule has 8 heteroatoms. The Bertz CT molecular complexity index is 908. The van der Waals surface area contributed by atoms with Crippen molar-refractivity contribution in [2.75, 3.05) is 11.4 Å². The largest absolute Gasteiger partial charge is 0.368 e. The number of nitrogens with two attached hydrogens (primary N) is 1. The molecule has 2 aliphatic heterocycles. The zero-order chi connectivity index (χ0) is 18.3. The number of nitrogens with zero attached hydrogens (tertiary/aromatic N) is 4. The third-order valence-corrected chi connectivity index (χ3v) is 4.85. The van der Waals surface area contributed by atoms with Gasteiger partial charge >= 0.3 is 6.03 Å². The predicted molar refractivity (Wildman–Crippen MR) is 94.7 cm³/mol. The van der Waals surface area contributed by atoms with Gasteiger partial charge in [-0.15, -0.1) is 0 Å². The third-order valence-electron chi connectivity index (χ3n) is 4.85. The van der Waals surface area contributed by atoms with E-state index >= 15 is 0 Å². The Labute approximate surface area is 149 Å². The molecule has 3 amide bonds. The molecule has 8 nitrogen and oxygen atoms in total. The summed E-state index contributed by atoms with van der Waals surface area (Å²) < 4.78 is 1.45. The van der Waals surface area contributed by atoms with Crippen LogP contribution in [0.25, 0.3) is 5.69 Å². The molecule has 0 spiro atoms. The van der Waals surface area contributed by atoms with Crippen molar-refractivity contribution < 1.29 is 9.59 Å². The van der Waals surface area contributed by atoms with E-state index in [0.717, 1.165) is 12.8 Å². The first-order valence-corrected chi connectivity index (χ1v) is 8.43. The average molecular weight is 352 g/mol. The van der Waals surface area contributed by atoms with E-state index < -0.39 is 11.9 Å². The lowest BCUT2D eigenvalue weighted by molar-refractivity contribution is -0.119. The van der Waals surface area contributed by atoms with Crippen LogP contribution in [0.1, 0.15) is 12.8 Å². The number of hydrogen-bond donors (Lipinski definition) is 1. The molecule has 2 saturated heterocycles. The Morgan fingerprint density at radius 3 is 2.58 bits per heavy atom. The topological polar surface area (TPSA) is 102 Å². The number of aromatic nitrogens is 2. The van der Waals surface area contributed by atoms with Crippen LogP contribution in [-0.4, -0.2) is 45.0 Å². The first-order valence-electron chi connectivity index (χ1n) is 8.43. The summed E-state index contributed by atoms with van der Waals surface area (Å²) in [5.74, 6) is -0.529. The molecule has 3 heterocycles. The highest BCUT2D eigenvalue weighted by Gasteiger charge is 2.49. The lowest BCUT2D eigenvalue weighted by atomic mass is 9.97. The molecule has 2 aliphatic rings. The Morgan fingerprint density at radius 1 is 1.15 bits per heavy atom. The minimum atomic E-state index is -0.725. The van der Waals surface area contributed by atoms with Gasteiger partial charge in [0.25, 0.3) is 5.56 Å². The van der Waals surface area contributed by atoms with Gasteiger partial charge in [-0.1, -0.05) is 0 Å². The predicted octanol–water partition coefficient (Wildman–Crippen LogP) is 0.695. The van der Waals surface area contributed by atoms with E-state index in [4.69, 9.17) is 5.73 Å². The Morgan fingerprint density at radius 2 is 1.88 bits per heavy atom. The zero-order valence-electron chi connectivity index (χ0n) is 14.0. The fraction of sp³-hybridized carbons (Fsp3) is 0.278. The van der Waals surface area contributed by atoms with Gasteiger partial charge in [-0.25, -0.2) is 4.79 Å². The molecule has 1 aromatic heterocycles. The van der Waals surface area contributed by atoms with Gasteiger partial charge < -0.3 is 10.6 Å². The van der Waals surface area contributed by atoms with Gasteiger partial charge in [0.15, 0.2) is 0 Å². The summed E-state index contributed by atoms with van der Waals surface area (Å²) in [7, 11) is 0. The van der Waals surface area contributed by atoms with Crippen molar-refractivity contribution in [3.05, 3.63) is 59.6 Å². The highest BCUT2D eigenvalue weighted by atomic mass is 16.2. The number of amides is 3. The molecule has 0 bridgehead atoms. The molecule has 4 rings (SSSR count). The molecular formula is C18H18N5O3. The Hall–Kier alpha value is -3.16. The lowest BCUT2D eigenvalue weighted by Gasteiger charge is -2.29. The molecule has 2 N–H and O–H groups in total. The number of benzene rings is 1. The number of urea groups is 1. The van der Waals surface area contributed by atoms with Crippen LogP contribution in [0.4, 0.5) is 10.5 Å². The summed E-state index contributed by atoms with van der Waals surface area (Å²) in [4.78, 5) is 43.7. The fourth-order valence-corrected chi connectivity index (χ4v) is 3.66. The first-order chi connectivity index (χ1) is 12.6. The molecule has 0 saturated carbocycles. The smallest absolute Gasteiger partial charge is 0.325 e. The third kappa shape index (κ3) is 2.54. The molecule has 0 aliphatic carbocycles. The van der Waals surface area contributed by atoms with Gasteiger partial charge in [0.05, 0.1) is 12.2 Å². The van der Waals surface area contributed by atoms with Crippen LogP contribution in [0.15, 0.2) is 47.7 Å². The molecule has 133 valence electrons. The first kappa shape index (κ1) is 16.3. The zero-order valence-corrected chi connectivity index (χ0v) is 14.0. The summed E-state index contributed by atoms with van der Waals surface area (Å²) in [6, 6.07) is 5.65. The number of primary amides is 1. The molecular weight excluding hydrogens is 334 g/mol. The van der Waals surface area contributed by atoms with Crippen molar-refractivity contribution in [2.24, 2.45) is 5.73 Å². The van der Waals surface area contributed by atoms with Crippen LogP contribution in [-0.2, 0) is 4.79 Å². The monoisotopic (exact) mass is 352 g/mol. The molecule has 1 unspecified atom stereocenters. The van der Waals surface area contributed by atoms with Gasteiger partial charge in [0, 0.05) is 30.3 Å². The van der Waals surface area contributed by atoms with Crippen molar-refractivity contribution in [1.82, 2.24) is 14.5 Å². The maximum Gasteiger partial charge on any atom is 0.325 e. The number of hydrogen-bond acceptors (Lipinski definition) is 4. The average Bonchev–Trinajstić information content (AvgIpc) is 2.96. The minimum absolute atomic E-state index is 0.219. The van der Waals surface area contributed by atoms with Crippen LogP contribution in [0.5, 0.6) is 0 Å². The molecule has 2 aromatic rings. The van der Waals surface area contributed by atoms with Gasteiger partial charge in [0.1, 0.15) is 6.04 Å². The molecule has 2 fully saturated rings. The lowest BCUT2D eigenvalue weighted by Crippen LogP contribution is -2.48. The van der Waals surface area contributed by atoms with Crippen LogP contribution in [0.3, 0.4) is 0 Å². The summed E-state index contributed by atoms with van der Waals surface area (Å²) in [6.07, 6.45) is 8.05. The van der Waals surface area contributed by atoms with Crippen molar-refractivity contribution >= 4 is 17.6 Å².